The number of piperidine rings is 1. The van der Waals surface area contributed by atoms with E-state index in [1.54, 1.807) is 25.3 Å². The van der Waals surface area contributed by atoms with Gasteiger partial charge in [0.05, 0.1) is 18.7 Å². The van der Waals surface area contributed by atoms with E-state index in [0.29, 0.717) is 23.1 Å². The van der Waals surface area contributed by atoms with E-state index < -0.39 is 0 Å². The van der Waals surface area contributed by atoms with Crippen LogP contribution in [0.1, 0.15) is 51.0 Å². The van der Waals surface area contributed by atoms with Crippen LogP contribution in [-0.4, -0.2) is 50.2 Å². The van der Waals surface area contributed by atoms with Gasteiger partial charge in [0.2, 0.25) is 5.91 Å². The van der Waals surface area contributed by atoms with E-state index in [2.05, 4.69) is 10.2 Å². The van der Waals surface area contributed by atoms with Gasteiger partial charge in [0.1, 0.15) is 0 Å². The van der Waals surface area contributed by atoms with Gasteiger partial charge in [0.15, 0.2) is 11.5 Å². The van der Waals surface area contributed by atoms with Crippen LogP contribution < -0.4 is 14.8 Å². The van der Waals surface area contributed by atoms with Gasteiger partial charge in [-0.2, -0.15) is 0 Å². The summed E-state index contributed by atoms with van der Waals surface area (Å²) in [5.74, 6) is 1.92. The molecule has 1 saturated heterocycles. The zero-order chi connectivity index (χ0) is 20.6. The van der Waals surface area contributed by atoms with Crippen molar-refractivity contribution >= 4 is 23.6 Å². The van der Waals surface area contributed by atoms with E-state index in [1.165, 1.54) is 32.2 Å². The average molecular weight is 421 g/mol. The molecular formula is C23H33ClN2O3. The molecule has 0 spiro atoms. The van der Waals surface area contributed by atoms with E-state index in [0.717, 1.165) is 37.4 Å². The Morgan fingerprint density at radius 1 is 1.24 bits per heavy atom. The Labute approximate surface area is 179 Å². The first-order valence-corrected chi connectivity index (χ1v) is 11.2. The quantitative estimate of drug-likeness (QED) is 0.627. The van der Waals surface area contributed by atoms with Crippen molar-refractivity contribution in [3.05, 3.63) is 28.8 Å². The summed E-state index contributed by atoms with van der Waals surface area (Å²) in [4.78, 5) is 14.9. The second-order valence-corrected chi connectivity index (χ2v) is 8.44. The van der Waals surface area contributed by atoms with Crippen molar-refractivity contribution in [2.24, 2.45) is 5.92 Å². The first kappa shape index (κ1) is 22.0. The molecule has 1 amide bonds. The molecule has 0 aromatic heterocycles. The molecule has 29 heavy (non-hydrogen) atoms. The molecule has 1 N–H and O–H groups in total. The number of nitrogens with zero attached hydrogens (tertiary/aromatic N) is 1. The monoisotopic (exact) mass is 420 g/mol. The number of nitrogens with one attached hydrogen (secondary N) is 1. The largest absolute Gasteiger partial charge is 0.491 e. The third kappa shape index (κ3) is 6.38. The lowest BCUT2D eigenvalue weighted by Gasteiger charge is -2.33. The van der Waals surface area contributed by atoms with Gasteiger partial charge in [0.25, 0.3) is 0 Å². The molecule has 2 fully saturated rings. The fraction of sp³-hybridized carbons (Fsp3) is 0.609. The summed E-state index contributed by atoms with van der Waals surface area (Å²) in [6.07, 6.45) is 11.0. The Bertz CT molecular complexity index is 708. The molecule has 1 saturated carbocycles. The number of rotatable bonds is 8. The van der Waals surface area contributed by atoms with E-state index in [9.17, 15) is 4.79 Å². The normalized spacial score (nSPS) is 19.0. The maximum absolute atomic E-state index is 12.4. The van der Waals surface area contributed by atoms with Gasteiger partial charge >= 0.3 is 0 Å². The van der Waals surface area contributed by atoms with Crippen LogP contribution in [0.25, 0.3) is 6.08 Å². The Morgan fingerprint density at radius 2 is 1.97 bits per heavy atom. The standard InChI is InChI=1S/C23H33ClN2O3/c1-3-29-21-15-18(14-20(24)23(21)28-2)8-9-22(27)25-19-10-12-26(13-11-19)16-17-6-4-5-7-17/h8-9,14-15,17,19H,3-7,10-13,16H2,1-2H3,(H,25,27)/b9-8+. The molecule has 0 radical (unpaired) electrons. The minimum absolute atomic E-state index is 0.0656. The Kier molecular flexibility index (Phi) is 8.25. The predicted molar refractivity (Wildman–Crippen MR) is 118 cm³/mol. The molecule has 0 unspecified atom stereocenters. The highest BCUT2D eigenvalue weighted by Crippen LogP contribution is 2.36. The van der Waals surface area contributed by atoms with Crippen molar-refractivity contribution in [2.75, 3.05) is 33.4 Å². The number of benzene rings is 1. The summed E-state index contributed by atoms with van der Waals surface area (Å²) in [7, 11) is 1.56. The summed E-state index contributed by atoms with van der Waals surface area (Å²) in [5, 5.41) is 3.60. The van der Waals surface area contributed by atoms with Crippen LogP contribution in [0.3, 0.4) is 0 Å². The van der Waals surface area contributed by atoms with Crippen molar-refractivity contribution < 1.29 is 14.3 Å². The molecule has 0 bridgehead atoms. The van der Waals surface area contributed by atoms with Crippen LogP contribution in [0.4, 0.5) is 0 Å². The molecule has 5 nitrogen and oxygen atoms in total. The molecule has 1 heterocycles. The van der Waals surface area contributed by atoms with Gasteiger partial charge in [-0.15, -0.1) is 0 Å². The van der Waals surface area contributed by atoms with Gasteiger partial charge in [-0.25, -0.2) is 0 Å². The first-order chi connectivity index (χ1) is 14.1. The number of likely N-dealkylation sites (tertiary alicyclic amines) is 1. The van der Waals surface area contributed by atoms with Gasteiger partial charge in [-0.05, 0) is 62.3 Å². The van der Waals surface area contributed by atoms with Crippen molar-refractivity contribution in [1.29, 1.82) is 0 Å². The Hall–Kier alpha value is -1.72. The lowest BCUT2D eigenvalue weighted by Crippen LogP contribution is -2.45. The summed E-state index contributed by atoms with van der Waals surface area (Å²) < 4.78 is 10.9. The van der Waals surface area contributed by atoms with Crippen molar-refractivity contribution in [3.8, 4) is 11.5 Å². The fourth-order valence-corrected chi connectivity index (χ4v) is 4.68. The molecule has 1 aromatic rings. The zero-order valence-corrected chi connectivity index (χ0v) is 18.3. The topological polar surface area (TPSA) is 50.8 Å². The van der Waals surface area contributed by atoms with Crippen LogP contribution in [0.15, 0.2) is 18.2 Å². The van der Waals surface area contributed by atoms with E-state index in [-0.39, 0.29) is 11.9 Å². The molecular weight excluding hydrogens is 388 g/mol. The highest BCUT2D eigenvalue weighted by atomic mass is 35.5. The summed E-state index contributed by atoms with van der Waals surface area (Å²) >= 11 is 6.27. The Balaban J connectivity index is 1.48. The van der Waals surface area contributed by atoms with Gasteiger partial charge < -0.3 is 19.7 Å². The number of hydrogen-bond donors (Lipinski definition) is 1. The van der Waals surface area contributed by atoms with Crippen LogP contribution in [0.5, 0.6) is 11.5 Å². The SMILES string of the molecule is CCOc1cc(/C=C/C(=O)NC2CCN(CC3CCCC3)CC2)cc(Cl)c1OC. The number of carbonyl (C=O) groups excluding carboxylic acids is 1. The zero-order valence-electron chi connectivity index (χ0n) is 17.6. The highest BCUT2D eigenvalue weighted by Gasteiger charge is 2.23. The molecule has 1 aliphatic carbocycles. The van der Waals surface area contributed by atoms with Gasteiger partial charge in [-0.3, -0.25) is 4.79 Å². The molecule has 0 atom stereocenters. The summed E-state index contributed by atoms with van der Waals surface area (Å²) in [6.45, 7) is 5.82. The van der Waals surface area contributed by atoms with E-state index in [1.807, 2.05) is 13.0 Å². The molecule has 1 aromatic carbocycles. The third-order valence-corrected chi connectivity index (χ3v) is 6.17. The minimum Gasteiger partial charge on any atom is -0.491 e. The maximum atomic E-state index is 12.4. The van der Waals surface area contributed by atoms with Crippen molar-refractivity contribution in [1.82, 2.24) is 10.2 Å². The number of carbonyl (C=O) groups is 1. The second-order valence-electron chi connectivity index (χ2n) is 8.03. The summed E-state index contributed by atoms with van der Waals surface area (Å²) in [6, 6.07) is 3.86. The number of ether oxygens (including phenoxy) is 2. The minimum atomic E-state index is -0.0656. The molecule has 3 rings (SSSR count). The second kappa shape index (κ2) is 10.9. The lowest BCUT2D eigenvalue weighted by molar-refractivity contribution is -0.117. The smallest absolute Gasteiger partial charge is 0.244 e. The molecule has 2 aliphatic rings. The highest BCUT2D eigenvalue weighted by molar-refractivity contribution is 6.32. The lowest BCUT2D eigenvalue weighted by atomic mass is 10.0. The van der Waals surface area contributed by atoms with Crippen LogP contribution in [-0.2, 0) is 4.79 Å². The molecule has 6 heteroatoms. The van der Waals surface area contributed by atoms with Crippen molar-refractivity contribution in [2.45, 2.75) is 51.5 Å². The summed E-state index contributed by atoms with van der Waals surface area (Å²) in [5.41, 5.74) is 0.806. The first-order valence-electron chi connectivity index (χ1n) is 10.8. The number of methoxy groups -OCH3 is 1. The fourth-order valence-electron chi connectivity index (χ4n) is 4.38. The van der Waals surface area contributed by atoms with Crippen LogP contribution in [0, 0.1) is 5.92 Å². The van der Waals surface area contributed by atoms with Crippen LogP contribution in [0.2, 0.25) is 5.02 Å². The third-order valence-electron chi connectivity index (χ3n) is 5.89. The number of hydrogen-bond acceptors (Lipinski definition) is 4. The van der Waals surface area contributed by atoms with Gasteiger partial charge in [0, 0.05) is 31.8 Å². The molecule has 160 valence electrons. The van der Waals surface area contributed by atoms with E-state index >= 15 is 0 Å². The average Bonchev–Trinajstić information content (AvgIpc) is 3.21. The Morgan fingerprint density at radius 3 is 2.62 bits per heavy atom. The van der Waals surface area contributed by atoms with Crippen molar-refractivity contribution in [3.63, 3.8) is 0 Å². The van der Waals surface area contributed by atoms with Gasteiger partial charge in [-0.1, -0.05) is 24.4 Å². The van der Waals surface area contributed by atoms with Crippen LogP contribution >= 0.6 is 11.6 Å². The van der Waals surface area contributed by atoms with E-state index in [4.69, 9.17) is 21.1 Å². The maximum Gasteiger partial charge on any atom is 0.244 e. The molecule has 1 aliphatic heterocycles. The predicted octanol–water partition coefficient (Wildman–Crippen LogP) is 4.53. The number of halogens is 1. The number of amides is 1.